The Morgan fingerprint density at radius 1 is 1.21 bits per heavy atom. The molecule has 0 aliphatic carbocycles. The Morgan fingerprint density at radius 3 is 2.21 bits per heavy atom. The highest BCUT2D eigenvalue weighted by molar-refractivity contribution is 5.85. The summed E-state index contributed by atoms with van der Waals surface area (Å²) in [6, 6.07) is 2.73. The van der Waals surface area contributed by atoms with Crippen molar-refractivity contribution in [1.29, 1.82) is 0 Å². The van der Waals surface area contributed by atoms with Gasteiger partial charge < -0.3 is 4.90 Å². The third-order valence-corrected chi connectivity index (χ3v) is 1.33. The number of halogens is 1. The first-order valence-electron chi connectivity index (χ1n) is 4.70. The molecule has 0 heterocycles. The van der Waals surface area contributed by atoms with E-state index >= 15 is 0 Å². The number of nitrogens with zero attached hydrogens (tertiary/aromatic N) is 3. The molecule has 0 rings (SSSR count). The van der Waals surface area contributed by atoms with Crippen LogP contribution in [0.25, 0.3) is 0 Å². The van der Waals surface area contributed by atoms with Crippen LogP contribution in [0.4, 0.5) is 0 Å². The van der Waals surface area contributed by atoms with Crippen LogP contribution in [0.5, 0.6) is 0 Å². The van der Waals surface area contributed by atoms with Crippen LogP contribution in [0.15, 0.2) is 9.98 Å². The van der Waals surface area contributed by atoms with Crippen molar-refractivity contribution in [2.75, 3.05) is 27.2 Å². The predicted octanol–water partition coefficient (Wildman–Crippen LogP) is 2.33. The van der Waals surface area contributed by atoms with Crippen molar-refractivity contribution in [2.45, 2.75) is 32.7 Å². The number of aliphatic imine (C=N–C) groups is 2. The Morgan fingerprint density at radius 2 is 1.79 bits per heavy atom. The molecular weight excluding hydrogens is 198 g/mol. The molecule has 0 radical (unpaired) electrons. The van der Waals surface area contributed by atoms with Crippen LogP contribution in [0, 0.1) is 0 Å². The highest BCUT2D eigenvalue weighted by Crippen LogP contribution is 2.03. The first-order chi connectivity index (χ1) is 5.92. The molecule has 0 atom stereocenters. The minimum Gasteiger partial charge on any atom is -0.309 e. The summed E-state index contributed by atoms with van der Waals surface area (Å²) in [5.74, 6) is 0. The molecule has 0 aromatic rings. The highest BCUT2D eigenvalue weighted by Gasteiger charge is 2.03. The maximum atomic E-state index is 4.14. The Labute approximate surface area is 93.7 Å². The van der Waals surface area contributed by atoms with Crippen molar-refractivity contribution in [3.63, 3.8) is 0 Å². The van der Waals surface area contributed by atoms with E-state index in [-0.39, 0.29) is 17.9 Å². The van der Waals surface area contributed by atoms with Gasteiger partial charge in [0.15, 0.2) is 0 Å². The normalized spacial score (nSPS) is 10.4. The molecule has 0 saturated carbocycles. The molecular formula is C10H22ClN3. The maximum absolute atomic E-state index is 4.14. The van der Waals surface area contributed by atoms with Gasteiger partial charge in [-0.1, -0.05) is 0 Å². The average Bonchev–Trinajstić information content (AvgIpc) is 1.93. The molecule has 0 bridgehead atoms. The fourth-order valence-corrected chi connectivity index (χ4v) is 0.701. The molecule has 0 aliphatic heterocycles. The van der Waals surface area contributed by atoms with Crippen molar-refractivity contribution in [1.82, 2.24) is 4.90 Å². The van der Waals surface area contributed by atoms with Gasteiger partial charge in [-0.3, -0.25) is 0 Å². The summed E-state index contributed by atoms with van der Waals surface area (Å²) in [7, 11) is 4.12. The number of hydrogen-bond acceptors (Lipinski definition) is 3. The first-order valence-corrected chi connectivity index (χ1v) is 4.70. The zero-order valence-electron chi connectivity index (χ0n) is 9.87. The molecule has 0 unspecified atom stereocenters. The van der Waals surface area contributed by atoms with E-state index in [0.717, 1.165) is 19.5 Å². The van der Waals surface area contributed by atoms with E-state index in [1.807, 2.05) is 20.8 Å². The lowest BCUT2D eigenvalue weighted by molar-refractivity contribution is 0.403. The monoisotopic (exact) mass is 219 g/mol. The van der Waals surface area contributed by atoms with Gasteiger partial charge >= 0.3 is 0 Å². The molecule has 0 amide bonds. The van der Waals surface area contributed by atoms with Crippen molar-refractivity contribution < 1.29 is 0 Å². The zero-order chi connectivity index (χ0) is 10.3. The third-order valence-electron chi connectivity index (χ3n) is 1.33. The van der Waals surface area contributed by atoms with E-state index in [9.17, 15) is 0 Å². The van der Waals surface area contributed by atoms with Crippen molar-refractivity contribution in [2.24, 2.45) is 9.98 Å². The van der Waals surface area contributed by atoms with Gasteiger partial charge in [0.05, 0.1) is 18.1 Å². The minimum atomic E-state index is -0.0505. The molecule has 0 aliphatic rings. The zero-order valence-corrected chi connectivity index (χ0v) is 10.7. The summed E-state index contributed by atoms with van der Waals surface area (Å²) in [6.07, 6.45) is 1.07. The molecule has 0 spiro atoms. The van der Waals surface area contributed by atoms with Gasteiger partial charge in [0, 0.05) is 0 Å². The molecule has 0 saturated heterocycles. The lowest BCUT2D eigenvalue weighted by Crippen LogP contribution is -2.13. The van der Waals surface area contributed by atoms with Gasteiger partial charge in [0.2, 0.25) is 0 Å². The standard InChI is InChI=1S/C10H21N3.ClH/c1-10(2,3)12-9-11-7-6-8-13(4)5;/h6-8H2,1-5H3;1H. The molecule has 0 N–H and O–H groups in total. The second-order valence-electron chi connectivity index (χ2n) is 4.42. The highest BCUT2D eigenvalue weighted by atomic mass is 35.5. The van der Waals surface area contributed by atoms with E-state index < -0.39 is 0 Å². The van der Waals surface area contributed by atoms with Gasteiger partial charge in [0.1, 0.15) is 0 Å². The predicted molar refractivity (Wildman–Crippen MR) is 64.9 cm³/mol. The average molecular weight is 220 g/mol. The molecule has 0 aromatic carbocycles. The third kappa shape index (κ3) is 14.2. The van der Waals surface area contributed by atoms with Gasteiger partial charge in [0.25, 0.3) is 0 Å². The molecule has 4 heteroatoms. The summed E-state index contributed by atoms with van der Waals surface area (Å²) in [6.45, 7) is 8.00. The second-order valence-corrected chi connectivity index (χ2v) is 4.42. The van der Waals surface area contributed by atoms with Crippen LogP contribution in [0.2, 0.25) is 0 Å². The van der Waals surface area contributed by atoms with Crippen LogP contribution in [-0.4, -0.2) is 43.6 Å². The summed E-state index contributed by atoms with van der Waals surface area (Å²) in [4.78, 5) is 10.4. The van der Waals surface area contributed by atoms with Gasteiger partial charge in [-0.25, -0.2) is 9.98 Å². The first kappa shape index (κ1) is 16.1. The van der Waals surface area contributed by atoms with Crippen molar-refractivity contribution in [3.8, 4) is 0 Å². The smallest absolute Gasteiger partial charge is 0.0898 e. The van der Waals surface area contributed by atoms with Crippen molar-refractivity contribution >= 4 is 18.4 Å². The Balaban J connectivity index is 0. The molecule has 84 valence electrons. The van der Waals surface area contributed by atoms with E-state index in [1.54, 1.807) is 0 Å². The fourth-order valence-electron chi connectivity index (χ4n) is 0.701. The van der Waals surface area contributed by atoms with E-state index in [0.29, 0.717) is 0 Å². The Kier molecular flexibility index (Phi) is 9.16. The topological polar surface area (TPSA) is 28.0 Å². The molecule has 14 heavy (non-hydrogen) atoms. The lowest BCUT2D eigenvalue weighted by atomic mass is 10.1. The van der Waals surface area contributed by atoms with Gasteiger partial charge in [-0.05, 0) is 47.8 Å². The number of hydrogen-bond donors (Lipinski definition) is 0. The summed E-state index contributed by atoms with van der Waals surface area (Å²) < 4.78 is 0. The second kappa shape index (κ2) is 7.98. The molecule has 0 aromatic heterocycles. The summed E-state index contributed by atoms with van der Waals surface area (Å²) in [5, 5.41) is 0. The van der Waals surface area contributed by atoms with Gasteiger partial charge in [-0.2, -0.15) is 0 Å². The molecule has 0 fully saturated rings. The van der Waals surface area contributed by atoms with Crippen LogP contribution >= 0.6 is 12.4 Å². The Hall–Kier alpha value is -0.370. The van der Waals surface area contributed by atoms with Crippen LogP contribution in [0.3, 0.4) is 0 Å². The van der Waals surface area contributed by atoms with Crippen LogP contribution in [-0.2, 0) is 0 Å². The van der Waals surface area contributed by atoms with Crippen LogP contribution < -0.4 is 0 Å². The Bertz CT molecular complexity index is 188. The van der Waals surface area contributed by atoms with Gasteiger partial charge in [-0.15, -0.1) is 12.4 Å². The summed E-state index contributed by atoms with van der Waals surface area (Å²) >= 11 is 0. The number of rotatable bonds is 4. The largest absolute Gasteiger partial charge is 0.309 e. The lowest BCUT2D eigenvalue weighted by Gasteiger charge is -2.07. The maximum Gasteiger partial charge on any atom is 0.0898 e. The summed E-state index contributed by atoms with van der Waals surface area (Å²) in [5.41, 5.74) is -0.0505. The van der Waals surface area contributed by atoms with E-state index in [4.69, 9.17) is 0 Å². The van der Waals surface area contributed by atoms with Crippen molar-refractivity contribution in [3.05, 3.63) is 0 Å². The quantitative estimate of drug-likeness (QED) is 0.527. The van der Waals surface area contributed by atoms with E-state index in [1.165, 1.54) is 0 Å². The van der Waals surface area contributed by atoms with Crippen LogP contribution in [0.1, 0.15) is 27.2 Å². The fraction of sp³-hybridized carbons (Fsp3) is 0.900. The molecule has 3 nitrogen and oxygen atoms in total. The SMILES string of the molecule is CN(C)CCCN=C=NC(C)(C)C.Cl. The van der Waals surface area contributed by atoms with E-state index in [2.05, 4.69) is 35.0 Å². The minimum absolute atomic E-state index is 0.